The summed E-state index contributed by atoms with van der Waals surface area (Å²) in [5.74, 6) is 1.13. The Morgan fingerprint density at radius 1 is 1.32 bits per heavy atom. The predicted octanol–water partition coefficient (Wildman–Crippen LogP) is 3.30. The zero-order valence-corrected chi connectivity index (χ0v) is 16.9. The molecule has 4 nitrogen and oxygen atoms in total. The minimum absolute atomic E-state index is 0.0749. The fraction of sp³-hybridized carbons (Fsp3) is 0.941. The number of guanidine groups is 1. The zero-order chi connectivity index (χ0) is 19.1. The highest BCUT2D eigenvalue weighted by Gasteiger charge is 2.33. The quantitative estimate of drug-likeness (QED) is 0.515. The monoisotopic (exact) mass is 382 g/mol. The predicted molar refractivity (Wildman–Crippen MR) is 101 cm³/mol. The van der Waals surface area contributed by atoms with E-state index < -0.39 is 12.7 Å². The molecule has 148 valence electrons. The Morgan fingerprint density at radius 3 is 2.52 bits per heavy atom. The van der Waals surface area contributed by atoms with Gasteiger partial charge in [0.05, 0.1) is 13.1 Å². The lowest BCUT2D eigenvalue weighted by atomic mass is 10.1. The van der Waals surface area contributed by atoms with Crippen molar-refractivity contribution in [2.75, 3.05) is 52.1 Å². The summed E-state index contributed by atoms with van der Waals surface area (Å²) in [5.41, 5.74) is 0. The number of thioether (sulfide) groups is 1. The number of nitrogens with zero attached hydrogens (tertiary/aromatic N) is 3. The van der Waals surface area contributed by atoms with E-state index in [1.54, 1.807) is 18.7 Å². The molecule has 1 heterocycles. The van der Waals surface area contributed by atoms with E-state index in [4.69, 9.17) is 4.99 Å². The fourth-order valence-corrected chi connectivity index (χ4v) is 3.05. The van der Waals surface area contributed by atoms with Gasteiger partial charge in [0.25, 0.3) is 0 Å². The van der Waals surface area contributed by atoms with E-state index in [-0.39, 0.29) is 10.7 Å². The van der Waals surface area contributed by atoms with Crippen LogP contribution in [0.15, 0.2) is 4.99 Å². The number of rotatable bonds is 8. The van der Waals surface area contributed by atoms with Crippen LogP contribution in [-0.2, 0) is 0 Å². The second-order valence-corrected chi connectivity index (χ2v) is 8.69. The van der Waals surface area contributed by atoms with Crippen LogP contribution in [-0.4, -0.2) is 78.8 Å². The molecule has 1 fully saturated rings. The van der Waals surface area contributed by atoms with E-state index in [2.05, 4.69) is 30.3 Å². The second kappa shape index (κ2) is 9.90. The van der Waals surface area contributed by atoms with Crippen LogP contribution in [0.3, 0.4) is 0 Å². The number of nitrogens with one attached hydrogen (secondary N) is 1. The standard InChI is InChI=1S/C17H33F3N4S/c1-6-21-15(22-12-16(3,4)25-5)24-9-8-14(11-24)10-23(7-2)13-17(18,19)20/h14H,6-13H2,1-5H3,(H,21,22). The molecule has 0 saturated carbocycles. The molecule has 0 radical (unpaired) electrons. The van der Waals surface area contributed by atoms with Crippen molar-refractivity contribution in [3.05, 3.63) is 0 Å². The molecular formula is C17H33F3N4S. The molecule has 1 unspecified atom stereocenters. The van der Waals surface area contributed by atoms with E-state index in [1.165, 1.54) is 4.90 Å². The van der Waals surface area contributed by atoms with Crippen LogP contribution in [0.1, 0.15) is 34.1 Å². The number of hydrogen-bond donors (Lipinski definition) is 1. The van der Waals surface area contributed by atoms with Crippen molar-refractivity contribution in [3.63, 3.8) is 0 Å². The van der Waals surface area contributed by atoms with Crippen LogP contribution in [0.25, 0.3) is 0 Å². The number of alkyl halides is 3. The van der Waals surface area contributed by atoms with Gasteiger partial charge in [-0.25, -0.2) is 0 Å². The lowest BCUT2D eigenvalue weighted by molar-refractivity contribution is -0.146. The molecule has 0 spiro atoms. The van der Waals surface area contributed by atoms with Crippen LogP contribution in [0.5, 0.6) is 0 Å². The number of halogens is 3. The van der Waals surface area contributed by atoms with Gasteiger partial charge in [0.2, 0.25) is 0 Å². The Hall–Kier alpha value is -0.630. The third-order valence-electron chi connectivity index (χ3n) is 4.45. The topological polar surface area (TPSA) is 30.9 Å². The number of hydrogen-bond acceptors (Lipinski definition) is 3. The van der Waals surface area contributed by atoms with Gasteiger partial charge in [-0.15, -0.1) is 0 Å². The van der Waals surface area contributed by atoms with Crippen molar-refractivity contribution < 1.29 is 13.2 Å². The van der Waals surface area contributed by atoms with Crippen molar-refractivity contribution in [2.45, 2.75) is 45.0 Å². The van der Waals surface area contributed by atoms with Crippen molar-refractivity contribution in [2.24, 2.45) is 10.9 Å². The maximum absolute atomic E-state index is 12.6. The first-order valence-corrected chi connectivity index (χ1v) is 10.2. The lowest BCUT2D eigenvalue weighted by Crippen LogP contribution is -2.42. The lowest BCUT2D eigenvalue weighted by Gasteiger charge is -2.27. The van der Waals surface area contributed by atoms with Gasteiger partial charge in [-0.05, 0) is 45.9 Å². The SMILES string of the molecule is CCNC(=NCC(C)(C)SC)N1CCC(CN(CC)CC(F)(F)F)C1. The molecule has 0 aromatic carbocycles. The van der Waals surface area contributed by atoms with Gasteiger partial charge in [0.15, 0.2) is 5.96 Å². The Kier molecular flexibility index (Phi) is 8.87. The Labute approximate surface area is 154 Å². The molecule has 1 aliphatic rings. The molecule has 8 heteroatoms. The average molecular weight is 383 g/mol. The molecule has 0 bridgehead atoms. The molecule has 1 atom stereocenters. The van der Waals surface area contributed by atoms with Crippen LogP contribution >= 0.6 is 11.8 Å². The van der Waals surface area contributed by atoms with Gasteiger partial charge in [-0.2, -0.15) is 24.9 Å². The van der Waals surface area contributed by atoms with Gasteiger partial charge in [-0.3, -0.25) is 9.89 Å². The van der Waals surface area contributed by atoms with Crippen molar-refractivity contribution in [1.29, 1.82) is 0 Å². The molecule has 0 aromatic heterocycles. The van der Waals surface area contributed by atoms with E-state index in [0.29, 0.717) is 19.6 Å². The van der Waals surface area contributed by atoms with Crippen molar-refractivity contribution in [1.82, 2.24) is 15.1 Å². The molecule has 0 aliphatic carbocycles. The van der Waals surface area contributed by atoms with E-state index in [9.17, 15) is 13.2 Å². The summed E-state index contributed by atoms with van der Waals surface area (Å²) >= 11 is 1.78. The second-order valence-electron chi connectivity index (χ2n) is 7.18. The van der Waals surface area contributed by atoms with Gasteiger partial charge in [-0.1, -0.05) is 6.92 Å². The maximum Gasteiger partial charge on any atom is 0.401 e. The van der Waals surface area contributed by atoms with Gasteiger partial charge >= 0.3 is 6.18 Å². The smallest absolute Gasteiger partial charge is 0.357 e. The Bertz CT molecular complexity index is 427. The number of aliphatic imine (C=N–C) groups is 1. The molecule has 0 aromatic rings. The average Bonchev–Trinajstić information content (AvgIpc) is 2.97. The van der Waals surface area contributed by atoms with Gasteiger partial charge in [0.1, 0.15) is 0 Å². The summed E-state index contributed by atoms with van der Waals surface area (Å²) in [4.78, 5) is 8.43. The zero-order valence-electron chi connectivity index (χ0n) is 16.1. The van der Waals surface area contributed by atoms with Crippen LogP contribution < -0.4 is 5.32 Å². The summed E-state index contributed by atoms with van der Waals surface area (Å²) in [7, 11) is 0. The maximum atomic E-state index is 12.6. The Balaban J connectivity index is 2.63. The van der Waals surface area contributed by atoms with E-state index in [1.807, 2.05) is 6.92 Å². The molecule has 1 saturated heterocycles. The van der Waals surface area contributed by atoms with Crippen LogP contribution in [0.2, 0.25) is 0 Å². The van der Waals surface area contributed by atoms with Crippen LogP contribution in [0, 0.1) is 5.92 Å². The summed E-state index contributed by atoms with van der Waals surface area (Å²) in [5, 5.41) is 3.32. The minimum atomic E-state index is -4.13. The molecule has 1 aliphatic heterocycles. The van der Waals surface area contributed by atoms with Gasteiger partial charge in [0, 0.05) is 30.9 Å². The first kappa shape index (κ1) is 22.4. The summed E-state index contributed by atoms with van der Waals surface area (Å²) in [6.45, 7) is 11.3. The largest absolute Gasteiger partial charge is 0.401 e. The molecule has 25 heavy (non-hydrogen) atoms. The molecular weight excluding hydrogens is 349 g/mol. The third kappa shape index (κ3) is 8.53. The number of likely N-dealkylation sites (tertiary alicyclic amines) is 1. The Morgan fingerprint density at radius 2 is 2.00 bits per heavy atom. The normalized spacial score (nSPS) is 19.8. The summed E-state index contributed by atoms with van der Waals surface area (Å²) in [6, 6.07) is 0. The third-order valence-corrected chi connectivity index (χ3v) is 5.68. The highest BCUT2D eigenvalue weighted by atomic mass is 32.2. The molecule has 0 amide bonds. The first-order valence-electron chi connectivity index (χ1n) is 8.97. The van der Waals surface area contributed by atoms with Gasteiger partial charge < -0.3 is 10.2 Å². The minimum Gasteiger partial charge on any atom is -0.357 e. The van der Waals surface area contributed by atoms with E-state index in [0.717, 1.165) is 32.0 Å². The summed E-state index contributed by atoms with van der Waals surface area (Å²) in [6.07, 6.45) is -1.15. The van der Waals surface area contributed by atoms with E-state index >= 15 is 0 Å². The highest BCUT2D eigenvalue weighted by Crippen LogP contribution is 2.23. The fourth-order valence-electron chi connectivity index (χ4n) is 2.85. The van der Waals surface area contributed by atoms with Crippen molar-refractivity contribution >= 4 is 17.7 Å². The molecule has 1 rings (SSSR count). The summed E-state index contributed by atoms with van der Waals surface area (Å²) < 4.78 is 38.0. The van der Waals surface area contributed by atoms with Crippen molar-refractivity contribution in [3.8, 4) is 0 Å². The highest BCUT2D eigenvalue weighted by molar-refractivity contribution is 7.99. The molecule has 1 N–H and O–H groups in total. The first-order chi connectivity index (χ1) is 11.6. The van der Waals surface area contributed by atoms with Crippen LogP contribution in [0.4, 0.5) is 13.2 Å².